The molecule has 0 amide bonds. The zero-order chi connectivity index (χ0) is 16.0. The number of sulfone groups is 1. The Morgan fingerprint density at radius 2 is 2.14 bits per heavy atom. The zero-order valence-electron chi connectivity index (χ0n) is 12.5. The predicted molar refractivity (Wildman–Crippen MR) is 86.2 cm³/mol. The molecule has 1 aromatic carbocycles. The van der Waals surface area contributed by atoms with Crippen LogP contribution in [0.4, 0.5) is 0 Å². The van der Waals surface area contributed by atoms with Crippen molar-refractivity contribution in [1.82, 2.24) is 10.6 Å². The van der Waals surface area contributed by atoms with Gasteiger partial charge in [-0.1, -0.05) is 12.1 Å². The average Bonchev–Trinajstić information content (AvgIpc) is 2.84. The van der Waals surface area contributed by atoms with E-state index in [-0.39, 0.29) is 17.5 Å². The van der Waals surface area contributed by atoms with Crippen molar-refractivity contribution in [3.05, 3.63) is 35.4 Å². The molecule has 1 aromatic rings. The molecule has 0 bridgehead atoms. The Kier molecular flexibility index (Phi) is 5.39. The van der Waals surface area contributed by atoms with E-state index in [1.807, 2.05) is 19.1 Å². The Labute approximate surface area is 131 Å². The van der Waals surface area contributed by atoms with Crippen LogP contribution in [0, 0.1) is 11.3 Å². The highest BCUT2D eigenvalue weighted by Crippen LogP contribution is 2.11. The van der Waals surface area contributed by atoms with E-state index in [2.05, 4.69) is 21.7 Å². The molecular weight excluding hydrogens is 300 g/mol. The molecule has 1 aliphatic heterocycles. The van der Waals surface area contributed by atoms with Crippen LogP contribution in [0.5, 0.6) is 0 Å². The van der Waals surface area contributed by atoms with Crippen LogP contribution < -0.4 is 10.6 Å². The summed E-state index contributed by atoms with van der Waals surface area (Å²) in [4.78, 5) is 4.47. The van der Waals surface area contributed by atoms with Crippen molar-refractivity contribution in [3.63, 3.8) is 0 Å². The van der Waals surface area contributed by atoms with E-state index in [0.717, 1.165) is 5.56 Å². The third-order valence-corrected chi connectivity index (χ3v) is 5.19. The fourth-order valence-corrected chi connectivity index (χ4v) is 3.95. The lowest BCUT2D eigenvalue weighted by Crippen LogP contribution is -2.44. The first kappa shape index (κ1) is 16.3. The molecule has 22 heavy (non-hydrogen) atoms. The van der Waals surface area contributed by atoms with Crippen LogP contribution in [0.2, 0.25) is 0 Å². The van der Waals surface area contributed by atoms with Crippen molar-refractivity contribution in [1.29, 1.82) is 5.26 Å². The molecule has 6 nitrogen and oxygen atoms in total. The lowest BCUT2D eigenvalue weighted by Gasteiger charge is -2.15. The van der Waals surface area contributed by atoms with Crippen molar-refractivity contribution >= 4 is 15.8 Å². The van der Waals surface area contributed by atoms with Gasteiger partial charge >= 0.3 is 0 Å². The average molecular weight is 320 g/mol. The van der Waals surface area contributed by atoms with Crippen LogP contribution >= 0.6 is 0 Å². The summed E-state index contributed by atoms with van der Waals surface area (Å²) in [6.07, 6.45) is 0.615. The maximum absolute atomic E-state index is 11.5. The maximum Gasteiger partial charge on any atom is 0.191 e. The fraction of sp³-hybridized carbons (Fsp3) is 0.467. The van der Waals surface area contributed by atoms with Crippen molar-refractivity contribution in [2.75, 3.05) is 18.1 Å². The number of rotatable bonds is 4. The number of hydrogen-bond donors (Lipinski definition) is 2. The van der Waals surface area contributed by atoms with Crippen molar-refractivity contribution in [2.45, 2.75) is 25.9 Å². The minimum atomic E-state index is -2.91. The highest BCUT2D eigenvalue weighted by atomic mass is 32.2. The van der Waals surface area contributed by atoms with E-state index in [4.69, 9.17) is 5.26 Å². The van der Waals surface area contributed by atoms with Gasteiger partial charge < -0.3 is 10.6 Å². The number of nitrogens with one attached hydrogen (secondary N) is 2. The van der Waals surface area contributed by atoms with Crippen molar-refractivity contribution in [3.8, 4) is 6.07 Å². The first-order valence-corrected chi connectivity index (χ1v) is 9.09. The summed E-state index contributed by atoms with van der Waals surface area (Å²) < 4.78 is 23.0. The summed E-state index contributed by atoms with van der Waals surface area (Å²) in [6, 6.07) is 9.25. The van der Waals surface area contributed by atoms with Gasteiger partial charge in [-0.3, -0.25) is 0 Å². The summed E-state index contributed by atoms with van der Waals surface area (Å²) in [5.74, 6) is 1.02. The molecule has 0 radical (unpaired) electrons. The minimum Gasteiger partial charge on any atom is -0.357 e. The topological polar surface area (TPSA) is 94.3 Å². The lowest BCUT2D eigenvalue weighted by atomic mass is 10.1. The number of nitrogens with zero attached hydrogens (tertiary/aromatic N) is 2. The zero-order valence-corrected chi connectivity index (χ0v) is 13.4. The van der Waals surface area contributed by atoms with E-state index in [0.29, 0.717) is 31.0 Å². The molecule has 118 valence electrons. The molecule has 1 heterocycles. The van der Waals surface area contributed by atoms with E-state index < -0.39 is 9.84 Å². The molecule has 0 aromatic heterocycles. The van der Waals surface area contributed by atoms with Gasteiger partial charge in [-0.15, -0.1) is 0 Å². The summed E-state index contributed by atoms with van der Waals surface area (Å²) in [5.41, 5.74) is 1.61. The number of hydrogen-bond acceptors (Lipinski definition) is 4. The van der Waals surface area contributed by atoms with E-state index in [1.165, 1.54) is 0 Å². The fourth-order valence-electron chi connectivity index (χ4n) is 2.28. The molecule has 0 saturated carbocycles. The second kappa shape index (κ2) is 7.27. The number of aliphatic imine (C=N–C) groups is 1. The van der Waals surface area contributed by atoms with Gasteiger partial charge in [0.15, 0.2) is 15.8 Å². The third kappa shape index (κ3) is 4.74. The van der Waals surface area contributed by atoms with E-state index >= 15 is 0 Å². The highest BCUT2D eigenvalue weighted by molar-refractivity contribution is 7.91. The summed E-state index contributed by atoms with van der Waals surface area (Å²) >= 11 is 0. The molecule has 0 spiro atoms. The molecule has 1 unspecified atom stereocenters. The monoisotopic (exact) mass is 320 g/mol. The van der Waals surface area contributed by atoms with E-state index in [1.54, 1.807) is 12.1 Å². The smallest absolute Gasteiger partial charge is 0.191 e. The van der Waals surface area contributed by atoms with Gasteiger partial charge in [0, 0.05) is 12.6 Å². The van der Waals surface area contributed by atoms with Gasteiger partial charge in [-0.25, -0.2) is 13.4 Å². The SMILES string of the molecule is CCNC(=NCc1ccc(C#N)cc1)NC1CCS(=O)(=O)C1. The van der Waals surface area contributed by atoms with Crippen LogP contribution in [0.3, 0.4) is 0 Å². The van der Waals surface area contributed by atoms with Crippen LogP contribution in [-0.4, -0.2) is 38.5 Å². The Morgan fingerprint density at radius 3 is 2.68 bits per heavy atom. The Bertz CT molecular complexity index is 674. The Morgan fingerprint density at radius 1 is 1.41 bits per heavy atom. The van der Waals surface area contributed by atoms with Crippen LogP contribution in [0.1, 0.15) is 24.5 Å². The first-order chi connectivity index (χ1) is 10.5. The molecule has 1 fully saturated rings. The van der Waals surface area contributed by atoms with Gasteiger partial charge in [-0.2, -0.15) is 5.26 Å². The van der Waals surface area contributed by atoms with Crippen LogP contribution in [-0.2, 0) is 16.4 Å². The molecule has 1 atom stereocenters. The second-order valence-electron chi connectivity index (χ2n) is 5.25. The predicted octanol–water partition coefficient (Wildman–Crippen LogP) is 0.800. The number of benzene rings is 1. The largest absolute Gasteiger partial charge is 0.357 e. The Hall–Kier alpha value is -2.07. The molecule has 2 rings (SSSR count). The third-order valence-electron chi connectivity index (χ3n) is 3.42. The second-order valence-corrected chi connectivity index (χ2v) is 7.48. The number of nitriles is 1. The summed E-state index contributed by atoms with van der Waals surface area (Å²) in [7, 11) is -2.91. The summed E-state index contributed by atoms with van der Waals surface area (Å²) in [6.45, 7) is 3.14. The first-order valence-electron chi connectivity index (χ1n) is 7.26. The molecule has 0 aliphatic carbocycles. The van der Waals surface area contributed by atoms with Crippen molar-refractivity contribution < 1.29 is 8.42 Å². The standard InChI is InChI=1S/C15H20N4O2S/c1-2-17-15(19-14-7-8-22(20,21)11-14)18-10-13-5-3-12(9-16)4-6-13/h3-6,14H,2,7-8,10-11H2,1H3,(H2,17,18,19). The van der Waals surface area contributed by atoms with Gasteiger partial charge in [0.25, 0.3) is 0 Å². The number of guanidine groups is 1. The van der Waals surface area contributed by atoms with Gasteiger partial charge in [0.05, 0.1) is 29.7 Å². The van der Waals surface area contributed by atoms with Crippen LogP contribution in [0.15, 0.2) is 29.3 Å². The quantitative estimate of drug-likeness (QED) is 0.632. The van der Waals surface area contributed by atoms with Gasteiger partial charge in [0.2, 0.25) is 0 Å². The molecule has 1 saturated heterocycles. The minimum absolute atomic E-state index is 0.0798. The van der Waals surface area contributed by atoms with Crippen LogP contribution in [0.25, 0.3) is 0 Å². The van der Waals surface area contributed by atoms with Gasteiger partial charge in [-0.05, 0) is 31.0 Å². The highest BCUT2D eigenvalue weighted by Gasteiger charge is 2.28. The molecular formula is C15H20N4O2S. The Balaban J connectivity index is 1.99. The molecule has 1 aliphatic rings. The van der Waals surface area contributed by atoms with Gasteiger partial charge in [0.1, 0.15) is 0 Å². The van der Waals surface area contributed by atoms with Crippen molar-refractivity contribution in [2.24, 2.45) is 4.99 Å². The maximum atomic E-state index is 11.5. The molecule has 2 N–H and O–H groups in total. The van der Waals surface area contributed by atoms with E-state index in [9.17, 15) is 8.42 Å². The summed E-state index contributed by atoms with van der Waals surface area (Å²) in [5, 5.41) is 15.1. The molecule has 7 heteroatoms. The lowest BCUT2D eigenvalue weighted by molar-refractivity contribution is 0.599. The normalized spacial score (nSPS) is 20.4.